The van der Waals surface area contributed by atoms with E-state index in [0.29, 0.717) is 10.2 Å². The van der Waals surface area contributed by atoms with Crippen LogP contribution in [0.1, 0.15) is 6.92 Å². The normalized spacial score (nSPS) is 15.1. The van der Waals surface area contributed by atoms with E-state index in [0.717, 1.165) is 12.0 Å². The second-order valence-electron chi connectivity index (χ2n) is 2.80. The third-order valence-electron chi connectivity index (χ3n) is 1.79. The standard InChI is InChI=1S/C7H11Cl2N2O3PS/c1-4-15(12,13-3)14-16-7-5(8)6(9)11(2)10-7/h4H2,1-3H3. The minimum atomic E-state index is -3.06. The molecule has 1 heterocycles. The van der Waals surface area contributed by atoms with Gasteiger partial charge < -0.3 is 4.52 Å². The Labute approximate surface area is 108 Å². The zero-order chi connectivity index (χ0) is 12.3. The van der Waals surface area contributed by atoms with E-state index in [1.165, 1.54) is 11.8 Å². The first kappa shape index (κ1) is 14.4. The number of aromatic nitrogens is 2. The van der Waals surface area contributed by atoms with Crippen molar-refractivity contribution < 1.29 is 13.1 Å². The largest absolute Gasteiger partial charge is 0.341 e. The molecule has 0 spiro atoms. The topological polar surface area (TPSA) is 53.4 Å². The van der Waals surface area contributed by atoms with Gasteiger partial charge in [0.2, 0.25) is 0 Å². The molecule has 1 rings (SSSR count). The highest BCUT2D eigenvalue weighted by Gasteiger charge is 2.23. The maximum atomic E-state index is 11.8. The molecule has 0 aromatic carbocycles. The van der Waals surface area contributed by atoms with Crippen LogP contribution in [0.25, 0.3) is 0 Å². The van der Waals surface area contributed by atoms with Gasteiger partial charge in [0.05, 0.1) is 12.0 Å². The number of hydrogen-bond acceptors (Lipinski definition) is 5. The number of halogens is 2. The molecule has 16 heavy (non-hydrogen) atoms. The fourth-order valence-electron chi connectivity index (χ4n) is 0.812. The van der Waals surface area contributed by atoms with Crippen LogP contribution in [0.5, 0.6) is 0 Å². The highest BCUT2D eigenvalue weighted by molar-refractivity contribution is 7.98. The summed E-state index contributed by atoms with van der Waals surface area (Å²) in [5, 5.41) is 4.93. The minimum Gasteiger partial charge on any atom is -0.311 e. The van der Waals surface area contributed by atoms with Crippen molar-refractivity contribution in [2.75, 3.05) is 13.3 Å². The third-order valence-corrected chi connectivity index (χ3v) is 5.77. The Morgan fingerprint density at radius 2 is 2.19 bits per heavy atom. The molecule has 0 aliphatic carbocycles. The summed E-state index contributed by atoms with van der Waals surface area (Å²) in [6.07, 6.45) is 0.273. The van der Waals surface area contributed by atoms with Crippen LogP contribution in [0.15, 0.2) is 5.03 Å². The molecule has 1 atom stereocenters. The molecule has 0 fully saturated rings. The lowest BCUT2D eigenvalue weighted by molar-refractivity contribution is 0.337. The minimum absolute atomic E-state index is 0.271. The predicted octanol–water partition coefficient (Wildman–Crippen LogP) is 3.61. The van der Waals surface area contributed by atoms with E-state index in [1.54, 1.807) is 14.0 Å². The lowest BCUT2D eigenvalue weighted by Gasteiger charge is -2.11. The van der Waals surface area contributed by atoms with Crippen LogP contribution in [-0.2, 0) is 20.1 Å². The molecule has 1 aromatic rings. The van der Waals surface area contributed by atoms with Gasteiger partial charge in [-0.15, -0.1) is 0 Å². The first-order chi connectivity index (χ1) is 7.43. The van der Waals surface area contributed by atoms with Gasteiger partial charge in [0.25, 0.3) is 0 Å². The van der Waals surface area contributed by atoms with Crippen LogP contribution in [0, 0.1) is 0 Å². The second-order valence-corrected chi connectivity index (χ2v) is 6.91. The summed E-state index contributed by atoms with van der Waals surface area (Å²) < 4.78 is 23.0. The van der Waals surface area contributed by atoms with E-state index in [2.05, 4.69) is 5.10 Å². The fourth-order valence-corrected chi connectivity index (χ4v) is 3.24. The van der Waals surface area contributed by atoms with Gasteiger partial charge in [-0.25, -0.2) is 3.97 Å². The molecule has 0 bridgehead atoms. The summed E-state index contributed by atoms with van der Waals surface area (Å²) in [5.74, 6) is 0. The molecule has 92 valence electrons. The van der Waals surface area contributed by atoms with Crippen LogP contribution in [0.2, 0.25) is 10.2 Å². The Hall–Kier alpha value is 0.290. The van der Waals surface area contributed by atoms with Gasteiger partial charge in [-0.1, -0.05) is 30.1 Å². The van der Waals surface area contributed by atoms with Crippen molar-refractivity contribution >= 4 is 42.8 Å². The van der Waals surface area contributed by atoms with Crippen LogP contribution < -0.4 is 0 Å². The van der Waals surface area contributed by atoms with Gasteiger partial charge in [0, 0.05) is 20.3 Å². The third kappa shape index (κ3) is 3.15. The first-order valence-corrected chi connectivity index (χ1v) is 7.55. The average molecular weight is 305 g/mol. The second kappa shape index (κ2) is 5.76. The van der Waals surface area contributed by atoms with Crippen molar-refractivity contribution in [1.82, 2.24) is 9.78 Å². The molecule has 9 heteroatoms. The van der Waals surface area contributed by atoms with Crippen molar-refractivity contribution in [2.45, 2.75) is 11.9 Å². The van der Waals surface area contributed by atoms with Gasteiger partial charge in [-0.3, -0.25) is 9.25 Å². The first-order valence-electron chi connectivity index (χ1n) is 4.32. The molecule has 0 saturated carbocycles. The van der Waals surface area contributed by atoms with Crippen LogP contribution in [0.4, 0.5) is 0 Å². The van der Waals surface area contributed by atoms with Gasteiger partial charge >= 0.3 is 7.60 Å². The van der Waals surface area contributed by atoms with Crippen molar-refractivity contribution in [1.29, 1.82) is 0 Å². The van der Waals surface area contributed by atoms with E-state index in [4.69, 9.17) is 31.7 Å². The Morgan fingerprint density at radius 1 is 1.56 bits per heavy atom. The van der Waals surface area contributed by atoms with Crippen molar-refractivity contribution in [3.8, 4) is 0 Å². The van der Waals surface area contributed by atoms with Gasteiger partial charge in [-0.2, -0.15) is 5.10 Å². The van der Waals surface area contributed by atoms with Crippen molar-refractivity contribution in [3.63, 3.8) is 0 Å². The maximum Gasteiger partial charge on any atom is 0.341 e. The van der Waals surface area contributed by atoms with Crippen molar-refractivity contribution in [2.24, 2.45) is 7.05 Å². The van der Waals surface area contributed by atoms with Gasteiger partial charge in [0.15, 0.2) is 5.03 Å². The highest BCUT2D eigenvalue weighted by atomic mass is 35.5. The molecule has 0 N–H and O–H groups in total. The predicted molar refractivity (Wildman–Crippen MR) is 65.3 cm³/mol. The quantitative estimate of drug-likeness (QED) is 0.614. The van der Waals surface area contributed by atoms with Crippen LogP contribution in [0.3, 0.4) is 0 Å². The highest BCUT2D eigenvalue weighted by Crippen LogP contribution is 2.52. The molecule has 0 amide bonds. The molecule has 1 aromatic heterocycles. The molecule has 0 saturated heterocycles. The zero-order valence-corrected chi connectivity index (χ0v) is 12.2. The Bertz CT molecular complexity index is 418. The molecular formula is C7H11Cl2N2O3PS. The monoisotopic (exact) mass is 304 g/mol. The number of rotatable bonds is 5. The summed E-state index contributed by atoms with van der Waals surface area (Å²) in [7, 11) is -0.0823. The van der Waals surface area contributed by atoms with E-state index in [9.17, 15) is 4.57 Å². The Balaban J connectivity index is 2.75. The van der Waals surface area contributed by atoms with Crippen molar-refractivity contribution in [3.05, 3.63) is 10.2 Å². The maximum absolute atomic E-state index is 11.8. The van der Waals surface area contributed by atoms with E-state index < -0.39 is 7.60 Å². The molecule has 0 aliphatic heterocycles. The van der Waals surface area contributed by atoms with Gasteiger partial charge in [0.1, 0.15) is 10.2 Å². The summed E-state index contributed by atoms with van der Waals surface area (Å²) in [4.78, 5) is 0. The summed E-state index contributed by atoms with van der Waals surface area (Å²) in [6.45, 7) is 1.71. The number of hydrogen-bond donors (Lipinski definition) is 0. The fraction of sp³-hybridized carbons (Fsp3) is 0.571. The molecule has 0 aliphatic rings. The smallest absolute Gasteiger partial charge is 0.311 e. The molecular weight excluding hydrogens is 294 g/mol. The lowest BCUT2D eigenvalue weighted by Crippen LogP contribution is -1.91. The molecule has 5 nitrogen and oxygen atoms in total. The molecule has 0 radical (unpaired) electrons. The SMILES string of the molecule is CCP(=O)(OC)OSc1nn(C)c(Cl)c1Cl. The lowest BCUT2D eigenvalue weighted by atomic mass is 10.7. The number of nitrogens with zero attached hydrogens (tertiary/aromatic N) is 2. The zero-order valence-electron chi connectivity index (χ0n) is 8.94. The van der Waals surface area contributed by atoms with Crippen LogP contribution in [-0.4, -0.2) is 23.1 Å². The van der Waals surface area contributed by atoms with Crippen LogP contribution >= 0.6 is 42.8 Å². The van der Waals surface area contributed by atoms with Gasteiger partial charge in [-0.05, 0) is 0 Å². The summed E-state index contributed by atoms with van der Waals surface area (Å²) in [6, 6.07) is 0. The van der Waals surface area contributed by atoms with E-state index in [-0.39, 0.29) is 11.2 Å². The van der Waals surface area contributed by atoms with E-state index in [1.807, 2.05) is 0 Å². The average Bonchev–Trinajstić information content (AvgIpc) is 2.54. The van der Waals surface area contributed by atoms with E-state index >= 15 is 0 Å². The summed E-state index contributed by atoms with van der Waals surface area (Å²) in [5.41, 5.74) is 0. The Kier molecular flexibility index (Phi) is 5.16. The molecule has 1 unspecified atom stereocenters. The number of aryl methyl sites for hydroxylation is 1. The summed E-state index contributed by atoms with van der Waals surface area (Å²) >= 11 is 12.5. The Morgan fingerprint density at radius 3 is 2.56 bits per heavy atom.